The number of aromatic hydroxyl groups is 1. The molecule has 0 atom stereocenters. The van der Waals surface area contributed by atoms with Crippen molar-refractivity contribution in [1.29, 1.82) is 0 Å². The maximum absolute atomic E-state index is 13.0. The first kappa shape index (κ1) is 14.4. The molecular formula is C11H11FN2O5. The molecule has 8 heteroatoms. The number of carboxylic acids is 1. The van der Waals surface area contributed by atoms with Gasteiger partial charge in [-0.15, -0.1) is 0 Å². The second-order valence-corrected chi connectivity index (χ2v) is 3.68. The number of carbonyl (C=O) groups excluding carboxylic acids is 2. The van der Waals surface area contributed by atoms with Gasteiger partial charge >= 0.3 is 5.97 Å². The van der Waals surface area contributed by atoms with E-state index >= 15 is 0 Å². The van der Waals surface area contributed by atoms with Gasteiger partial charge < -0.3 is 20.8 Å². The fourth-order valence-corrected chi connectivity index (χ4v) is 1.40. The number of phenolic OH excluding ortho intramolecular Hbond substituents is 1. The summed E-state index contributed by atoms with van der Waals surface area (Å²) in [5, 5.41) is 18.1. The number of aliphatic carboxylic acids is 1. The molecule has 0 bridgehead atoms. The van der Waals surface area contributed by atoms with Gasteiger partial charge in [-0.3, -0.25) is 14.4 Å². The van der Waals surface area contributed by atoms with E-state index in [-0.39, 0.29) is 0 Å². The molecule has 0 aliphatic rings. The van der Waals surface area contributed by atoms with Crippen LogP contribution >= 0.6 is 0 Å². The molecule has 0 aliphatic heterocycles. The van der Waals surface area contributed by atoms with Gasteiger partial charge in [0, 0.05) is 0 Å². The van der Waals surface area contributed by atoms with Gasteiger partial charge in [0.25, 0.3) is 5.91 Å². The standard InChI is InChI=1S/C11H11FN2O5/c12-6-1-2-8(15)7(3-6)11(19)14(4-9(13)16)5-10(17)18/h1-3,15H,4-5H2,(H2,13,16)(H,17,18). The molecule has 19 heavy (non-hydrogen) atoms. The van der Waals surface area contributed by atoms with E-state index in [9.17, 15) is 23.9 Å². The van der Waals surface area contributed by atoms with Crippen molar-refractivity contribution in [3.8, 4) is 5.75 Å². The number of nitrogens with two attached hydrogens (primary N) is 1. The Morgan fingerprint density at radius 3 is 2.42 bits per heavy atom. The normalized spacial score (nSPS) is 9.95. The number of benzene rings is 1. The maximum atomic E-state index is 13.0. The zero-order chi connectivity index (χ0) is 14.6. The number of carboxylic acid groups (broad SMARTS) is 1. The lowest BCUT2D eigenvalue weighted by Crippen LogP contribution is -2.41. The predicted octanol–water partition coefficient (Wildman–Crippen LogP) is -0.457. The number of phenols is 1. The number of hydrogen-bond donors (Lipinski definition) is 3. The summed E-state index contributed by atoms with van der Waals surface area (Å²) in [7, 11) is 0. The lowest BCUT2D eigenvalue weighted by molar-refractivity contribution is -0.138. The van der Waals surface area contributed by atoms with Gasteiger partial charge in [-0.1, -0.05) is 0 Å². The number of halogens is 1. The lowest BCUT2D eigenvalue weighted by atomic mass is 10.1. The molecule has 0 aromatic heterocycles. The summed E-state index contributed by atoms with van der Waals surface area (Å²) < 4.78 is 13.0. The molecular weight excluding hydrogens is 259 g/mol. The quantitative estimate of drug-likeness (QED) is 0.668. The van der Waals surface area contributed by atoms with Crippen LogP contribution in [0.3, 0.4) is 0 Å². The van der Waals surface area contributed by atoms with Crippen molar-refractivity contribution in [2.24, 2.45) is 5.73 Å². The van der Waals surface area contributed by atoms with Crippen LogP contribution in [0.2, 0.25) is 0 Å². The lowest BCUT2D eigenvalue weighted by Gasteiger charge is -2.19. The zero-order valence-corrected chi connectivity index (χ0v) is 9.67. The first-order valence-electron chi connectivity index (χ1n) is 5.09. The summed E-state index contributed by atoms with van der Waals surface area (Å²) in [5.41, 5.74) is 4.45. The number of carbonyl (C=O) groups is 3. The van der Waals surface area contributed by atoms with Crippen molar-refractivity contribution in [1.82, 2.24) is 4.90 Å². The molecule has 1 aromatic carbocycles. The molecule has 1 aromatic rings. The third-order valence-corrected chi connectivity index (χ3v) is 2.15. The van der Waals surface area contributed by atoms with E-state index in [0.29, 0.717) is 4.90 Å². The van der Waals surface area contributed by atoms with Crippen molar-refractivity contribution >= 4 is 17.8 Å². The summed E-state index contributed by atoms with van der Waals surface area (Å²) in [6.07, 6.45) is 0. The second kappa shape index (κ2) is 5.80. The monoisotopic (exact) mass is 270 g/mol. The molecule has 7 nitrogen and oxygen atoms in total. The zero-order valence-electron chi connectivity index (χ0n) is 9.67. The highest BCUT2D eigenvalue weighted by Crippen LogP contribution is 2.19. The van der Waals surface area contributed by atoms with Gasteiger partial charge in [0.05, 0.1) is 5.56 Å². The third-order valence-electron chi connectivity index (χ3n) is 2.15. The van der Waals surface area contributed by atoms with E-state index in [1.54, 1.807) is 0 Å². The number of hydrogen-bond acceptors (Lipinski definition) is 4. The number of rotatable bonds is 5. The van der Waals surface area contributed by atoms with Crippen LogP contribution < -0.4 is 5.73 Å². The van der Waals surface area contributed by atoms with Crippen molar-refractivity contribution in [2.45, 2.75) is 0 Å². The highest BCUT2D eigenvalue weighted by atomic mass is 19.1. The molecule has 0 fully saturated rings. The Labute approximate surface area is 107 Å². The van der Waals surface area contributed by atoms with Gasteiger partial charge in [0.15, 0.2) is 0 Å². The Balaban J connectivity index is 3.07. The molecule has 1 rings (SSSR count). The largest absolute Gasteiger partial charge is 0.507 e. The molecule has 0 saturated carbocycles. The van der Waals surface area contributed by atoms with E-state index in [1.807, 2.05) is 0 Å². The summed E-state index contributed by atoms with van der Waals surface area (Å²) in [6, 6.07) is 2.63. The Kier molecular flexibility index (Phi) is 4.41. The summed E-state index contributed by atoms with van der Waals surface area (Å²) in [5.74, 6) is -4.60. The minimum atomic E-state index is -1.37. The summed E-state index contributed by atoms with van der Waals surface area (Å²) in [6.45, 7) is -1.45. The van der Waals surface area contributed by atoms with Crippen LogP contribution in [0, 0.1) is 5.82 Å². The van der Waals surface area contributed by atoms with Crippen molar-refractivity contribution < 1.29 is 29.0 Å². The minimum absolute atomic E-state index is 0.442. The first-order chi connectivity index (χ1) is 8.81. The van der Waals surface area contributed by atoms with Crippen LogP contribution in [0.1, 0.15) is 10.4 Å². The molecule has 0 heterocycles. The molecule has 102 valence electrons. The number of nitrogens with zero attached hydrogens (tertiary/aromatic N) is 1. The van der Waals surface area contributed by atoms with Crippen LogP contribution in [0.15, 0.2) is 18.2 Å². The highest BCUT2D eigenvalue weighted by molar-refractivity contribution is 5.99. The third kappa shape index (κ3) is 3.95. The van der Waals surface area contributed by atoms with Gasteiger partial charge in [-0.25, -0.2) is 4.39 Å². The van der Waals surface area contributed by atoms with Crippen molar-refractivity contribution in [3.05, 3.63) is 29.6 Å². The van der Waals surface area contributed by atoms with Crippen molar-refractivity contribution in [2.75, 3.05) is 13.1 Å². The van der Waals surface area contributed by atoms with Crippen LogP contribution in [0.5, 0.6) is 5.75 Å². The van der Waals surface area contributed by atoms with Crippen molar-refractivity contribution in [3.63, 3.8) is 0 Å². The molecule has 0 unspecified atom stereocenters. The highest BCUT2D eigenvalue weighted by Gasteiger charge is 2.23. The molecule has 2 amide bonds. The van der Waals surface area contributed by atoms with Gasteiger partial charge in [-0.2, -0.15) is 0 Å². The van der Waals surface area contributed by atoms with E-state index in [0.717, 1.165) is 18.2 Å². The van der Waals surface area contributed by atoms with Gasteiger partial charge in [-0.05, 0) is 18.2 Å². The van der Waals surface area contributed by atoms with Crippen LogP contribution in [0.4, 0.5) is 4.39 Å². The smallest absolute Gasteiger partial charge is 0.323 e. The van der Waals surface area contributed by atoms with E-state index < -0.39 is 48.0 Å². The number of amides is 2. The SMILES string of the molecule is NC(=O)CN(CC(=O)O)C(=O)c1cc(F)ccc1O. The molecule has 0 radical (unpaired) electrons. The average molecular weight is 270 g/mol. The topological polar surface area (TPSA) is 121 Å². The second-order valence-electron chi connectivity index (χ2n) is 3.68. The van der Waals surface area contributed by atoms with E-state index in [1.165, 1.54) is 0 Å². The van der Waals surface area contributed by atoms with E-state index in [4.69, 9.17) is 10.8 Å². The summed E-state index contributed by atoms with van der Waals surface area (Å²) in [4.78, 5) is 33.9. The fourth-order valence-electron chi connectivity index (χ4n) is 1.40. The Hall–Kier alpha value is -2.64. The van der Waals surface area contributed by atoms with Crippen LogP contribution in [0.25, 0.3) is 0 Å². The number of primary amides is 1. The predicted molar refractivity (Wildman–Crippen MR) is 60.8 cm³/mol. The fraction of sp³-hybridized carbons (Fsp3) is 0.182. The minimum Gasteiger partial charge on any atom is -0.507 e. The van der Waals surface area contributed by atoms with Crippen LogP contribution in [-0.2, 0) is 9.59 Å². The van der Waals surface area contributed by atoms with Gasteiger partial charge in [0.2, 0.25) is 5.91 Å². The maximum Gasteiger partial charge on any atom is 0.323 e. The molecule has 0 saturated heterocycles. The van der Waals surface area contributed by atoms with Crippen LogP contribution in [-0.4, -0.2) is 46.0 Å². The van der Waals surface area contributed by atoms with E-state index in [2.05, 4.69) is 0 Å². The first-order valence-corrected chi connectivity index (χ1v) is 5.09. The molecule has 0 spiro atoms. The van der Waals surface area contributed by atoms with Gasteiger partial charge in [0.1, 0.15) is 24.7 Å². The Morgan fingerprint density at radius 2 is 1.89 bits per heavy atom. The Morgan fingerprint density at radius 1 is 1.26 bits per heavy atom. The molecule has 0 aliphatic carbocycles. The summed E-state index contributed by atoms with van der Waals surface area (Å²) >= 11 is 0. The molecule has 4 N–H and O–H groups in total. The Bertz CT molecular complexity index is 516. The average Bonchev–Trinajstić information content (AvgIpc) is 2.29.